The summed E-state index contributed by atoms with van der Waals surface area (Å²) < 4.78 is 4.92. The van der Waals surface area contributed by atoms with Crippen LogP contribution < -0.4 is 5.32 Å². The lowest BCUT2D eigenvalue weighted by Crippen LogP contribution is -2.38. The number of nitrogens with zero attached hydrogens (tertiary/aromatic N) is 3. The summed E-state index contributed by atoms with van der Waals surface area (Å²) in [6, 6.07) is 13.8. The monoisotopic (exact) mass is 377 g/mol. The third-order valence-electron chi connectivity index (χ3n) is 5.31. The van der Waals surface area contributed by atoms with E-state index in [9.17, 15) is 4.79 Å². The van der Waals surface area contributed by atoms with E-state index in [0.717, 1.165) is 52.8 Å². The number of para-hydroxylation sites is 2. The maximum Gasteiger partial charge on any atom is 0.251 e. The summed E-state index contributed by atoms with van der Waals surface area (Å²) in [5, 5.41) is 7.26. The Morgan fingerprint density at radius 1 is 1.15 bits per heavy atom. The smallest absolute Gasteiger partial charge is 0.251 e. The topological polar surface area (TPSA) is 83.6 Å². The van der Waals surface area contributed by atoms with E-state index < -0.39 is 0 Å². The highest BCUT2D eigenvalue weighted by Gasteiger charge is 2.26. The third kappa shape index (κ3) is 3.19. The molecule has 7 heteroatoms. The van der Waals surface area contributed by atoms with E-state index in [1.807, 2.05) is 36.4 Å². The van der Waals surface area contributed by atoms with E-state index in [-0.39, 0.29) is 11.9 Å². The van der Waals surface area contributed by atoms with Gasteiger partial charge in [0.2, 0.25) is 0 Å². The molecule has 4 aromatic rings. The van der Waals surface area contributed by atoms with Crippen molar-refractivity contribution in [2.24, 2.45) is 0 Å². The van der Waals surface area contributed by atoms with Gasteiger partial charge in [-0.25, -0.2) is 4.98 Å². The van der Waals surface area contributed by atoms with Gasteiger partial charge in [0.05, 0.1) is 15.7 Å². The van der Waals surface area contributed by atoms with Crippen molar-refractivity contribution >= 4 is 38.7 Å². The van der Waals surface area contributed by atoms with Crippen LogP contribution in [0.1, 0.15) is 47.8 Å². The van der Waals surface area contributed by atoms with E-state index in [1.165, 1.54) is 11.5 Å². The standard InChI is InChI=1S/C20H19N5OS/c26-20(13-8-9-18-17(11-13)24-25-27-18)21-14-5-3-4-12(10-14)19-22-15-6-1-2-7-16(15)23-19/h1-2,6-9,11-12,14H,3-5,10H2,(H,21,26)(H,22,23)/t12-,14?/m0/s1. The lowest BCUT2D eigenvalue weighted by Gasteiger charge is -2.28. The van der Waals surface area contributed by atoms with Crippen LogP contribution in [0.4, 0.5) is 0 Å². The van der Waals surface area contributed by atoms with Gasteiger partial charge in [-0.05, 0) is 61.1 Å². The molecule has 1 aliphatic carbocycles. The van der Waals surface area contributed by atoms with Gasteiger partial charge in [-0.15, -0.1) is 5.10 Å². The van der Waals surface area contributed by atoms with Gasteiger partial charge in [0.25, 0.3) is 5.91 Å². The second-order valence-electron chi connectivity index (χ2n) is 7.13. The molecule has 0 bridgehead atoms. The molecule has 2 aromatic heterocycles. The lowest BCUT2D eigenvalue weighted by molar-refractivity contribution is 0.0925. The normalized spacial score (nSPS) is 20.1. The number of H-pyrrole nitrogens is 1. The van der Waals surface area contributed by atoms with Gasteiger partial charge >= 0.3 is 0 Å². The quantitative estimate of drug-likeness (QED) is 0.565. The van der Waals surface area contributed by atoms with Crippen LogP contribution in [0.2, 0.25) is 0 Å². The largest absolute Gasteiger partial charge is 0.349 e. The molecule has 0 radical (unpaired) electrons. The zero-order valence-electron chi connectivity index (χ0n) is 14.7. The van der Waals surface area contributed by atoms with Crippen LogP contribution in [-0.4, -0.2) is 31.5 Å². The number of hydrogen-bond donors (Lipinski definition) is 2. The van der Waals surface area contributed by atoms with Crippen molar-refractivity contribution in [2.75, 3.05) is 0 Å². The van der Waals surface area contributed by atoms with Crippen molar-refractivity contribution in [2.45, 2.75) is 37.6 Å². The van der Waals surface area contributed by atoms with Crippen LogP contribution in [0.15, 0.2) is 42.5 Å². The summed E-state index contributed by atoms with van der Waals surface area (Å²) in [5.41, 5.74) is 3.49. The van der Waals surface area contributed by atoms with E-state index in [4.69, 9.17) is 4.98 Å². The van der Waals surface area contributed by atoms with Gasteiger partial charge < -0.3 is 10.3 Å². The predicted molar refractivity (Wildman–Crippen MR) is 106 cm³/mol. The molecule has 5 rings (SSSR count). The fraction of sp³-hybridized carbons (Fsp3) is 0.300. The molecule has 1 saturated carbocycles. The number of carbonyl (C=O) groups is 1. The maximum atomic E-state index is 12.7. The molecule has 0 saturated heterocycles. The summed E-state index contributed by atoms with van der Waals surface area (Å²) in [7, 11) is 0. The van der Waals surface area contributed by atoms with Crippen molar-refractivity contribution in [3.63, 3.8) is 0 Å². The average Bonchev–Trinajstić information content (AvgIpc) is 3.34. The Labute approximate surface area is 160 Å². The summed E-state index contributed by atoms with van der Waals surface area (Å²) in [5.74, 6) is 1.34. The van der Waals surface area contributed by atoms with E-state index in [0.29, 0.717) is 11.5 Å². The summed E-state index contributed by atoms with van der Waals surface area (Å²) >= 11 is 1.34. The fourth-order valence-electron chi connectivity index (χ4n) is 3.93. The Morgan fingerprint density at radius 2 is 2.07 bits per heavy atom. The van der Waals surface area contributed by atoms with Gasteiger partial charge in [0.1, 0.15) is 11.3 Å². The molecule has 6 nitrogen and oxygen atoms in total. The minimum atomic E-state index is -0.0415. The van der Waals surface area contributed by atoms with Crippen LogP contribution in [-0.2, 0) is 0 Å². The van der Waals surface area contributed by atoms with Crippen molar-refractivity contribution < 1.29 is 4.79 Å². The molecule has 27 heavy (non-hydrogen) atoms. The highest BCUT2D eigenvalue weighted by molar-refractivity contribution is 7.12. The van der Waals surface area contributed by atoms with E-state index >= 15 is 0 Å². The van der Waals surface area contributed by atoms with Crippen LogP contribution >= 0.6 is 11.5 Å². The first-order valence-corrected chi connectivity index (χ1v) is 10.0. The second kappa shape index (κ2) is 6.74. The van der Waals surface area contributed by atoms with Crippen LogP contribution in [0.25, 0.3) is 21.3 Å². The minimum Gasteiger partial charge on any atom is -0.349 e. The number of carbonyl (C=O) groups excluding carboxylic acids is 1. The summed E-state index contributed by atoms with van der Waals surface area (Å²) in [4.78, 5) is 20.9. The second-order valence-corrected chi connectivity index (χ2v) is 7.91. The van der Waals surface area contributed by atoms with Crippen molar-refractivity contribution in [3.05, 3.63) is 53.9 Å². The number of rotatable bonds is 3. The van der Waals surface area contributed by atoms with E-state index in [2.05, 4.69) is 26.0 Å². The van der Waals surface area contributed by atoms with Crippen molar-refractivity contribution in [1.82, 2.24) is 24.9 Å². The molecule has 1 unspecified atom stereocenters. The average molecular weight is 377 g/mol. The molecule has 1 fully saturated rings. The van der Waals surface area contributed by atoms with Gasteiger partial charge in [-0.2, -0.15) is 0 Å². The minimum absolute atomic E-state index is 0.0415. The van der Waals surface area contributed by atoms with Crippen LogP contribution in [0.3, 0.4) is 0 Å². The molecule has 2 heterocycles. The highest BCUT2D eigenvalue weighted by atomic mass is 32.1. The van der Waals surface area contributed by atoms with Gasteiger partial charge in [0.15, 0.2) is 0 Å². The molecule has 0 aliphatic heterocycles. The number of aromatic amines is 1. The van der Waals surface area contributed by atoms with Gasteiger partial charge in [-0.3, -0.25) is 4.79 Å². The zero-order chi connectivity index (χ0) is 18.2. The first-order valence-electron chi connectivity index (χ1n) is 9.24. The number of imidazole rings is 1. The Hall–Kier alpha value is -2.80. The van der Waals surface area contributed by atoms with Crippen LogP contribution in [0.5, 0.6) is 0 Å². The highest BCUT2D eigenvalue weighted by Crippen LogP contribution is 2.32. The number of benzene rings is 2. The number of amides is 1. The summed E-state index contributed by atoms with van der Waals surface area (Å²) in [6.07, 6.45) is 4.10. The number of fused-ring (bicyclic) bond motifs is 2. The SMILES string of the molecule is O=C(NC1CCC[C@H](c2nc3ccccc3[nH]2)C1)c1ccc2snnc2c1. The number of nitrogens with one attached hydrogen (secondary N) is 2. The Kier molecular flexibility index (Phi) is 4.09. The van der Waals surface area contributed by atoms with Crippen LogP contribution in [0, 0.1) is 0 Å². The Morgan fingerprint density at radius 3 is 3.00 bits per heavy atom. The Balaban J connectivity index is 1.31. The molecule has 2 atom stereocenters. The third-order valence-corrected chi connectivity index (χ3v) is 6.02. The predicted octanol–water partition coefficient (Wildman–Crippen LogP) is 4.02. The number of hydrogen-bond acceptors (Lipinski definition) is 5. The van der Waals surface area contributed by atoms with Crippen molar-refractivity contribution in [3.8, 4) is 0 Å². The fourth-order valence-corrected chi connectivity index (χ4v) is 4.47. The first-order chi connectivity index (χ1) is 13.3. The number of aromatic nitrogens is 4. The molecule has 1 aliphatic rings. The zero-order valence-corrected chi connectivity index (χ0v) is 15.5. The molecular weight excluding hydrogens is 358 g/mol. The molecule has 2 aromatic carbocycles. The molecule has 0 spiro atoms. The molecule has 136 valence electrons. The summed E-state index contributed by atoms with van der Waals surface area (Å²) in [6.45, 7) is 0. The molecular formula is C20H19N5OS. The van der Waals surface area contributed by atoms with Gasteiger partial charge in [0, 0.05) is 17.5 Å². The van der Waals surface area contributed by atoms with E-state index in [1.54, 1.807) is 0 Å². The maximum absolute atomic E-state index is 12.7. The molecule has 1 amide bonds. The van der Waals surface area contributed by atoms with Crippen molar-refractivity contribution in [1.29, 1.82) is 0 Å². The van der Waals surface area contributed by atoms with Gasteiger partial charge in [-0.1, -0.05) is 23.0 Å². The molecule has 2 N–H and O–H groups in total. The Bertz CT molecular complexity index is 1080. The lowest BCUT2D eigenvalue weighted by atomic mass is 9.85. The first kappa shape index (κ1) is 16.4.